The third-order valence-electron chi connectivity index (χ3n) is 8.45. The highest BCUT2D eigenvalue weighted by Crippen LogP contribution is 2.49. The molecule has 5 aromatic carbocycles. The Balaban J connectivity index is 1.41. The van der Waals surface area contributed by atoms with Crippen LogP contribution in [0.15, 0.2) is 151 Å². The molecule has 1 amide bonds. The molecule has 0 saturated heterocycles. The molecule has 0 fully saturated rings. The molecule has 0 aromatic heterocycles. The lowest BCUT2D eigenvalue weighted by molar-refractivity contribution is -0.116. The van der Waals surface area contributed by atoms with Crippen LogP contribution >= 0.6 is 0 Å². The first-order valence-electron chi connectivity index (χ1n) is 15.0. The van der Waals surface area contributed by atoms with Crippen molar-refractivity contribution in [3.8, 4) is 5.75 Å². The zero-order valence-electron chi connectivity index (χ0n) is 24.2. The number of hydrogen-bond donors (Lipinski definition) is 1. The van der Waals surface area contributed by atoms with Crippen LogP contribution in [0, 0.1) is 0 Å². The zero-order valence-corrected chi connectivity index (χ0v) is 24.2. The van der Waals surface area contributed by atoms with E-state index in [0.717, 1.165) is 28.1 Å². The summed E-state index contributed by atoms with van der Waals surface area (Å²) in [6.45, 7) is 0.363. The van der Waals surface area contributed by atoms with Gasteiger partial charge < -0.3 is 10.1 Å². The number of carbonyl (C=O) groups excluding carboxylic acids is 2. The van der Waals surface area contributed by atoms with Gasteiger partial charge >= 0.3 is 0 Å². The maximum absolute atomic E-state index is 14.6. The Morgan fingerprint density at radius 1 is 0.727 bits per heavy atom. The van der Waals surface area contributed by atoms with Gasteiger partial charge in [0.15, 0.2) is 5.78 Å². The molecule has 0 unspecified atom stereocenters. The van der Waals surface area contributed by atoms with Gasteiger partial charge in [-0.05, 0) is 53.8 Å². The number of anilines is 2. The minimum Gasteiger partial charge on any atom is -0.489 e. The number of nitrogens with zero attached hydrogens (tertiary/aromatic N) is 1. The molecule has 5 nitrogen and oxygen atoms in total. The highest BCUT2D eigenvalue weighted by atomic mass is 16.5. The van der Waals surface area contributed by atoms with Gasteiger partial charge in [-0.25, -0.2) is 0 Å². The van der Waals surface area contributed by atoms with Gasteiger partial charge in [0.2, 0.25) is 0 Å². The van der Waals surface area contributed by atoms with Gasteiger partial charge in [-0.3, -0.25) is 14.5 Å². The van der Waals surface area contributed by atoms with Crippen molar-refractivity contribution in [2.75, 3.05) is 10.2 Å². The standard InChI is InChI=1S/C39H32N2O3/c42-35-25-30(28-16-6-2-7-17-28)24-33-37(35)38(31-20-10-13-23-36(31)44-26-27-14-4-1-5-15-27)41(34-22-12-11-21-32(34)40-33)39(43)29-18-8-3-9-19-29/h1-23,30,38,40H,24-26H2/t30-,38-/m1/s1. The number of allylic oxidation sites excluding steroid dienone is 1. The van der Waals surface area contributed by atoms with Crippen molar-refractivity contribution >= 4 is 23.1 Å². The highest BCUT2D eigenvalue weighted by Gasteiger charge is 2.42. The van der Waals surface area contributed by atoms with E-state index >= 15 is 0 Å². The van der Waals surface area contributed by atoms with Gasteiger partial charge in [-0.15, -0.1) is 0 Å². The summed E-state index contributed by atoms with van der Waals surface area (Å²) >= 11 is 0. The lowest BCUT2D eigenvalue weighted by atomic mass is 9.78. The average molecular weight is 577 g/mol. The topological polar surface area (TPSA) is 58.6 Å². The van der Waals surface area contributed by atoms with Gasteiger partial charge in [0.25, 0.3) is 5.91 Å². The van der Waals surface area contributed by atoms with Crippen LogP contribution in [0.4, 0.5) is 11.4 Å². The summed E-state index contributed by atoms with van der Waals surface area (Å²) < 4.78 is 6.45. The lowest BCUT2D eigenvalue weighted by Gasteiger charge is -2.36. The number of ether oxygens (including phenoxy) is 1. The molecule has 0 spiro atoms. The van der Waals surface area contributed by atoms with Gasteiger partial charge in [-0.2, -0.15) is 0 Å². The number of fused-ring (bicyclic) bond motifs is 1. The van der Waals surface area contributed by atoms with Crippen molar-refractivity contribution in [3.63, 3.8) is 0 Å². The summed E-state index contributed by atoms with van der Waals surface area (Å²) in [5.74, 6) is 0.503. The van der Waals surface area contributed by atoms with E-state index in [1.54, 1.807) is 4.90 Å². The summed E-state index contributed by atoms with van der Waals surface area (Å²) in [6.07, 6.45) is 1.01. The Hall–Kier alpha value is -5.42. The summed E-state index contributed by atoms with van der Waals surface area (Å²) in [4.78, 5) is 30.8. The van der Waals surface area contributed by atoms with Crippen LogP contribution in [0.2, 0.25) is 0 Å². The predicted molar refractivity (Wildman–Crippen MR) is 174 cm³/mol. The second-order valence-corrected chi connectivity index (χ2v) is 11.2. The molecule has 1 heterocycles. The number of carbonyl (C=O) groups is 2. The number of benzene rings is 5. The van der Waals surface area contributed by atoms with Crippen molar-refractivity contribution in [3.05, 3.63) is 173 Å². The molecule has 216 valence electrons. The SMILES string of the molecule is O=C1C[C@H](c2ccccc2)CC2=C1[C@@H](c1ccccc1OCc1ccccc1)N(C(=O)c1ccccc1)c1ccccc1N2. The second kappa shape index (κ2) is 12.1. The minimum atomic E-state index is -0.704. The minimum absolute atomic E-state index is 0.0223. The maximum Gasteiger partial charge on any atom is 0.259 e. The Morgan fingerprint density at radius 2 is 1.36 bits per heavy atom. The number of rotatable bonds is 6. The van der Waals surface area contributed by atoms with Crippen molar-refractivity contribution in [2.45, 2.75) is 31.4 Å². The molecule has 1 aliphatic carbocycles. The third kappa shape index (κ3) is 5.29. The number of nitrogens with one attached hydrogen (secondary N) is 1. The Labute approximate surface area is 257 Å². The molecule has 1 N–H and O–H groups in total. The summed E-state index contributed by atoms with van der Waals surface area (Å²) in [6, 6.07) is 44.3. The van der Waals surface area contributed by atoms with Crippen LogP contribution in [0.1, 0.15) is 51.8 Å². The molecule has 7 rings (SSSR count). The van der Waals surface area contributed by atoms with E-state index in [4.69, 9.17) is 4.74 Å². The van der Waals surface area contributed by atoms with E-state index < -0.39 is 6.04 Å². The van der Waals surface area contributed by atoms with Crippen molar-refractivity contribution in [1.82, 2.24) is 0 Å². The zero-order chi connectivity index (χ0) is 29.9. The van der Waals surface area contributed by atoms with Crippen LogP contribution in [-0.4, -0.2) is 11.7 Å². The number of ketones is 1. The van der Waals surface area contributed by atoms with Gasteiger partial charge in [0.05, 0.1) is 17.4 Å². The van der Waals surface area contributed by atoms with E-state index in [-0.39, 0.29) is 17.6 Å². The molecule has 2 atom stereocenters. The first-order chi connectivity index (χ1) is 21.7. The largest absolute Gasteiger partial charge is 0.489 e. The number of para-hydroxylation sites is 3. The third-order valence-corrected chi connectivity index (χ3v) is 8.45. The van der Waals surface area contributed by atoms with Crippen LogP contribution in [0.3, 0.4) is 0 Å². The molecule has 1 aliphatic heterocycles. The normalized spacial score (nSPS) is 17.6. The molecule has 0 bridgehead atoms. The first-order valence-corrected chi connectivity index (χ1v) is 15.0. The molecule has 5 heteroatoms. The maximum atomic E-state index is 14.6. The fraction of sp³-hybridized carbons (Fsp3) is 0.128. The summed E-state index contributed by atoms with van der Waals surface area (Å²) in [7, 11) is 0. The van der Waals surface area contributed by atoms with Crippen LogP contribution in [0.5, 0.6) is 5.75 Å². The molecular weight excluding hydrogens is 544 g/mol. The fourth-order valence-electron chi connectivity index (χ4n) is 6.36. The summed E-state index contributed by atoms with van der Waals surface area (Å²) in [5, 5.41) is 3.63. The number of Topliss-reactive ketones (excluding diaryl/α,β-unsaturated/α-hetero) is 1. The van der Waals surface area contributed by atoms with Crippen molar-refractivity contribution in [1.29, 1.82) is 0 Å². The Kier molecular flexibility index (Phi) is 7.51. The Morgan fingerprint density at radius 3 is 2.14 bits per heavy atom. The van der Waals surface area contributed by atoms with Crippen LogP contribution in [0.25, 0.3) is 0 Å². The monoisotopic (exact) mass is 576 g/mol. The fourth-order valence-corrected chi connectivity index (χ4v) is 6.36. The van der Waals surface area contributed by atoms with Gasteiger partial charge in [0.1, 0.15) is 12.4 Å². The van der Waals surface area contributed by atoms with E-state index in [1.807, 2.05) is 127 Å². The van der Waals surface area contributed by atoms with Crippen LogP contribution < -0.4 is 15.0 Å². The molecule has 2 aliphatic rings. The quantitative estimate of drug-likeness (QED) is 0.220. The highest BCUT2D eigenvalue weighted by molar-refractivity contribution is 6.12. The number of hydrogen-bond acceptors (Lipinski definition) is 4. The Bertz CT molecular complexity index is 1830. The van der Waals surface area contributed by atoms with E-state index in [9.17, 15) is 9.59 Å². The molecule has 5 aromatic rings. The van der Waals surface area contributed by atoms with E-state index in [2.05, 4.69) is 17.4 Å². The molecule has 0 saturated carbocycles. The first kappa shape index (κ1) is 27.4. The predicted octanol–water partition coefficient (Wildman–Crippen LogP) is 8.48. The lowest BCUT2D eigenvalue weighted by Crippen LogP contribution is -2.38. The van der Waals surface area contributed by atoms with E-state index in [1.165, 1.54) is 0 Å². The van der Waals surface area contributed by atoms with Gasteiger partial charge in [0, 0.05) is 28.8 Å². The summed E-state index contributed by atoms with van der Waals surface area (Å²) in [5.41, 5.74) is 6.43. The molecule has 0 radical (unpaired) electrons. The van der Waals surface area contributed by atoms with E-state index in [0.29, 0.717) is 42.0 Å². The van der Waals surface area contributed by atoms with Crippen molar-refractivity contribution in [2.24, 2.45) is 0 Å². The average Bonchev–Trinajstić information content (AvgIpc) is 3.23. The molecule has 44 heavy (non-hydrogen) atoms. The second-order valence-electron chi connectivity index (χ2n) is 11.2. The van der Waals surface area contributed by atoms with Crippen molar-refractivity contribution < 1.29 is 14.3 Å². The van der Waals surface area contributed by atoms with Crippen LogP contribution in [-0.2, 0) is 11.4 Å². The molecular formula is C39H32N2O3. The number of amides is 1. The smallest absolute Gasteiger partial charge is 0.259 e. The van der Waals surface area contributed by atoms with Gasteiger partial charge in [-0.1, -0.05) is 109 Å².